The van der Waals surface area contributed by atoms with Crippen LogP contribution in [0.25, 0.3) is 0 Å². The van der Waals surface area contributed by atoms with Gasteiger partial charge in [0.05, 0.1) is 6.20 Å². The number of nitrogens with one attached hydrogen (secondary N) is 3. The van der Waals surface area contributed by atoms with Crippen LogP contribution in [0.2, 0.25) is 0 Å². The summed E-state index contributed by atoms with van der Waals surface area (Å²) in [5, 5.41) is 20.2. The van der Waals surface area contributed by atoms with Crippen molar-refractivity contribution in [2.45, 2.75) is 31.6 Å². The first-order valence-corrected chi connectivity index (χ1v) is 15.5. The maximum atomic E-state index is 13.3. The second kappa shape index (κ2) is 19.8. The van der Waals surface area contributed by atoms with Gasteiger partial charge in [0.1, 0.15) is 5.82 Å². The first-order valence-electron chi connectivity index (χ1n) is 15.5. The molecule has 0 bridgehead atoms. The molecule has 3 fully saturated rings. The molecule has 254 valence electrons. The molecule has 5 heterocycles. The third-order valence-electron chi connectivity index (χ3n) is 7.38. The smallest absolute Gasteiger partial charge is 0.235 e. The van der Waals surface area contributed by atoms with Gasteiger partial charge in [-0.2, -0.15) is 20.1 Å². The van der Waals surface area contributed by atoms with Crippen molar-refractivity contribution in [3.8, 4) is 12.8 Å². The van der Waals surface area contributed by atoms with Gasteiger partial charge in [-0.1, -0.05) is 0 Å². The van der Waals surface area contributed by atoms with Crippen molar-refractivity contribution in [2.24, 2.45) is 0 Å². The van der Waals surface area contributed by atoms with Crippen LogP contribution in [0.4, 0.5) is 39.6 Å². The molecule has 0 spiro atoms. The highest BCUT2D eigenvalue weighted by molar-refractivity contribution is 5.67. The lowest BCUT2D eigenvalue weighted by molar-refractivity contribution is -0.105. The molecular formula is C33H43FN12O2. The topological polar surface area (TPSA) is 164 Å². The maximum absolute atomic E-state index is 13.3. The summed E-state index contributed by atoms with van der Waals surface area (Å²) in [6.07, 6.45) is 17.8. The summed E-state index contributed by atoms with van der Waals surface area (Å²) in [6, 6.07) is 8.75. The van der Waals surface area contributed by atoms with Crippen molar-refractivity contribution < 1.29 is 14.3 Å². The number of carbonyl (C=O) groups excluding carboxylic acids is 1. The van der Waals surface area contributed by atoms with Crippen LogP contribution in [0.15, 0.2) is 62.1 Å². The third-order valence-corrected chi connectivity index (χ3v) is 7.38. The minimum absolute atomic E-state index is 0.210. The Hall–Kier alpha value is -5.62. The van der Waals surface area contributed by atoms with Crippen molar-refractivity contribution in [3.63, 3.8) is 0 Å². The number of amides is 1. The second-order valence-electron chi connectivity index (χ2n) is 10.4. The molecule has 2 saturated heterocycles. The maximum Gasteiger partial charge on any atom is 0.235 e. The van der Waals surface area contributed by atoms with Gasteiger partial charge in [0.2, 0.25) is 24.3 Å². The Morgan fingerprint density at radius 3 is 2.06 bits per heavy atom. The summed E-state index contributed by atoms with van der Waals surface area (Å²) in [7, 11) is 1.00. The number of carbonyl (C=O) groups is 1. The number of H-pyrrole nitrogens is 1. The van der Waals surface area contributed by atoms with E-state index in [4.69, 9.17) is 20.1 Å². The molecule has 7 rings (SSSR count). The van der Waals surface area contributed by atoms with Crippen LogP contribution < -0.4 is 25.3 Å². The monoisotopic (exact) mass is 658 g/mol. The van der Waals surface area contributed by atoms with E-state index < -0.39 is 0 Å². The Balaban J connectivity index is 0.000000354. The SMILES string of the molecule is C#C.C=C.CO.Fc1ccc(N2CCN(c3nc(Nc4cc(C5CC5)[nH]n4)nc(N4CCCC4)n3)CC2)cc1.O=CNc1cnccn1. The van der Waals surface area contributed by atoms with Gasteiger partial charge in [0.15, 0.2) is 11.6 Å². The molecule has 0 unspecified atom stereocenters. The zero-order chi connectivity index (χ0) is 34.7. The standard InChI is InChI=1S/C23H28FN9.C5H5N3O.C2H4.C2H2.CH4O/c24-17-5-7-18(8-6-17)31-11-13-33(14-12-31)23-27-21(26-22(28-23)32-9-1-2-10-32)25-20-15-19(29-30-20)16-3-4-16;9-4-8-5-3-6-1-2-7-5;3*1-2/h5-8,15-16H,1-4,9-14H2,(H2,25,26,27,28,29,30);1-4H,(H,7,8,9);1-2H2;1-2H;2H,1H3. The number of aliphatic hydroxyl groups excluding tert-OH is 1. The van der Waals surface area contributed by atoms with Gasteiger partial charge < -0.3 is 30.4 Å². The van der Waals surface area contributed by atoms with E-state index in [1.165, 1.54) is 49.3 Å². The van der Waals surface area contributed by atoms with Gasteiger partial charge in [-0.3, -0.25) is 14.9 Å². The first-order chi connectivity index (χ1) is 23.6. The minimum Gasteiger partial charge on any atom is -0.400 e. The molecule has 0 radical (unpaired) electrons. The highest BCUT2D eigenvalue weighted by Gasteiger charge is 2.26. The fourth-order valence-corrected chi connectivity index (χ4v) is 4.98. The van der Waals surface area contributed by atoms with E-state index in [0.29, 0.717) is 30.0 Å². The van der Waals surface area contributed by atoms with Gasteiger partial charge in [-0.05, 0) is 49.9 Å². The van der Waals surface area contributed by atoms with Crippen molar-refractivity contribution in [1.82, 2.24) is 35.1 Å². The molecule has 1 amide bonds. The largest absolute Gasteiger partial charge is 0.400 e. The molecule has 4 aromatic rings. The number of rotatable bonds is 8. The Morgan fingerprint density at radius 2 is 1.50 bits per heavy atom. The zero-order valence-electron chi connectivity index (χ0n) is 27.2. The van der Waals surface area contributed by atoms with E-state index >= 15 is 0 Å². The molecule has 1 saturated carbocycles. The molecular weight excluding hydrogens is 615 g/mol. The van der Waals surface area contributed by atoms with Crippen LogP contribution in [0, 0.1) is 18.7 Å². The lowest BCUT2D eigenvalue weighted by atomic mass is 10.2. The van der Waals surface area contributed by atoms with E-state index in [1.54, 1.807) is 0 Å². The van der Waals surface area contributed by atoms with Gasteiger partial charge in [0.25, 0.3) is 0 Å². The molecule has 3 aliphatic rings. The van der Waals surface area contributed by atoms with Crippen LogP contribution in [-0.2, 0) is 4.79 Å². The first kappa shape index (κ1) is 36.8. The quantitative estimate of drug-likeness (QED) is 0.122. The number of benzene rings is 1. The highest BCUT2D eigenvalue weighted by Crippen LogP contribution is 2.39. The van der Waals surface area contributed by atoms with Crippen molar-refractivity contribution in [3.05, 3.63) is 73.6 Å². The molecule has 1 aliphatic carbocycles. The van der Waals surface area contributed by atoms with Crippen molar-refractivity contribution >= 4 is 41.6 Å². The summed E-state index contributed by atoms with van der Waals surface area (Å²) in [4.78, 5) is 38.3. The molecule has 48 heavy (non-hydrogen) atoms. The Bertz CT molecular complexity index is 1520. The number of hydrogen-bond donors (Lipinski definition) is 4. The molecule has 3 aromatic heterocycles. The number of halogens is 1. The summed E-state index contributed by atoms with van der Waals surface area (Å²) < 4.78 is 13.3. The van der Waals surface area contributed by atoms with Gasteiger partial charge >= 0.3 is 0 Å². The lowest BCUT2D eigenvalue weighted by Crippen LogP contribution is -2.47. The molecule has 14 nitrogen and oxygen atoms in total. The van der Waals surface area contributed by atoms with Crippen molar-refractivity contribution in [2.75, 3.05) is 71.7 Å². The second-order valence-corrected chi connectivity index (χ2v) is 10.4. The fourth-order valence-electron chi connectivity index (χ4n) is 4.98. The average molecular weight is 659 g/mol. The van der Waals surface area contributed by atoms with Gasteiger partial charge in [-0.15, -0.1) is 26.0 Å². The predicted octanol–water partition coefficient (Wildman–Crippen LogP) is 3.99. The molecule has 4 N–H and O–H groups in total. The molecule has 2 aliphatic heterocycles. The fraction of sp³-hybridized carbons (Fsp3) is 0.364. The molecule has 1 aromatic carbocycles. The highest BCUT2D eigenvalue weighted by atomic mass is 19.1. The van der Waals surface area contributed by atoms with Gasteiger partial charge in [-0.25, -0.2) is 9.37 Å². The average Bonchev–Trinajstić information content (AvgIpc) is 3.64. The number of piperazine rings is 1. The third kappa shape index (κ3) is 10.7. The normalized spacial score (nSPS) is 14.7. The zero-order valence-corrected chi connectivity index (χ0v) is 27.2. The summed E-state index contributed by atoms with van der Waals surface area (Å²) in [5.74, 6) is 3.54. The number of terminal acetylenes is 1. The minimum atomic E-state index is -0.210. The lowest BCUT2D eigenvalue weighted by Gasteiger charge is -2.36. The van der Waals surface area contributed by atoms with Crippen LogP contribution >= 0.6 is 0 Å². The van der Waals surface area contributed by atoms with Crippen LogP contribution in [0.1, 0.15) is 37.3 Å². The van der Waals surface area contributed by atoms with Gasteiger partial charge in [0, 0.05) is 82.1 Å². The number of aromatic amines is 1. The van der Waals surface area contributed by atoms with E-state index in [-0.39, 0.29) is 5.82 Å². The number of nitrogens with zero attached hydrogens (tertiary/aromatic N) is 9. The van der Waals surface area contributed by atoms with E-state index in [1.807, 2.05) is 12.1 Å². The molecule has 15 heteroatoms. The Kier molecular flexibility index (Phi) is 15.2. The predicted molar refractivity (Wildman–Crippen MR) is 187 cm³/mol. The summed E-state index contributed by atoms with van der Waals surface area (Å²) in [5.41, 5.74) is 2.21. The number of anilines is 6. The van der Waals surface area contributed by atoms with E-state index in [2.05, 4.69) is 77.6 Å². The number of aromatic nitrogens is 7. The van der Waals surface area contributed by atoms with Crippen molar-refractivity contribution in [1.29, 1.82) is 0 Å². The summed E-state index contributed by atoms with van der Waals surface area (Å²) in [6.45, 7) is 11.2. The summed E-state index contributed by atoms with van der Waals surface area (Å²) >= 11 is 0. The molecule has 0 atom stereocenters. The van der Waals surface area contributed by atoms with Crippen LogP contribution in [-0.4, -0.2) is 93.0 Å². The van der Waals surface area contributed by atoms with Crippen LogP contribution in [0.3, 0.4) is 0 Å². The Labute approximate surface area is 280 Å². The number of aliphatic hydroxyl groups is 1. The number of hydrogen-bond acceptors (Lipinski definition) is 12. The van der Waals surface area contributed by atoms with E-state index in [9.17, 15) is 9.18 Å². The van der Waals surface area contributed by atoms with Crippen LogP contribution in [0.5, 0.6) is 0 Å². The Morgan fingerprint density at radius 1 is 0.896 bits per heavy atom. The van der Waals surface area contributed by atoms with E-state index in [0.717, 1.165) is 76.7 Å².